The average molecular weight is 256 g/mol. The number of hydrogen-bond donors (Lipinski definition) is 0. The Morgan fingerprint density at radius 3 is 2.29 bits per heavy atom. The molecule has 2 rings (SSSR count). The highest BCUT2D eigenvalue weighted by molar-refractivity contribution is 7.86. The predicted molar refractivity (Wildman–Crippen MR) is 62.8 cm³/mol. The first-order chi connectivity index (χ1) is 8.08. The van der Waals surface area contributed by atoms with Crippen LogP contribution in [0.5, 0.6) is 0 Å². The molecule has 0 radical (unpaired) electrons. The number of aryl methyl sites for hydroxylation is 1. The Bertz CT molecular complexity index is 458. The van der Waals surface area contributed by atoms with Crippen molar-refractivity contribution in [1.29, 1.82) is 0 Å². The minimum atomic E-state index is -3.79. The zero-order valence-corrected chi connectivity index (χ0v) is 10.6. The van der Waals surface area contributed by atoms with Gasteiger partial charge >= 0.3 is 10.1 Å². The molecular weight excluding hydrogens is 240 g/mol. The fourth-order valence-electron chi connectivity index (χ4n) is 1.84. The molecule has 94 valence electrons. The van der Waals surface area contributed by atoms with E-state index < -0.39 is 10.1 Å². The first kappa shape index (κ1) is 12.5. The third-order valence-electron chi connectivity index (χ3n) is 2.88. The number of rotatable bonds is 4. The van der Waals surface area contributed by atoms with E-state index in [1.807, 2.05) is 6.92 Å². The summed E-state index contributed by atoms with van der Waals surface area (Å²) in [5.41, 5.74) is 1.00. The summed E-state index contributed by atoms with van der Waals surface area (Å²) in [4.78, 5) is 5.09. The van der Waals surface area contributed by atoms with Gasteiger partial charge in [0.2, 0.25) is 0 Å². The van der Waals surface area contributed by atoms with Crippen LogP contribution < -0.4 is 0 Å². The molecule has 0 amide bonds. The Balaban J connectivity index is 2.00. The van der Waals surface area contributed by atoms with Gasteiger partial charge in [0.1, 0.15) is 0 Å². The Hall–Kier alpha value is -0.910. The van der Waals surface area contributed by atoms with Crippen LogP contribution in [0.15, 0.2) is 29.2 Å². The van der Waals surface area contributed by atoms with Crippen LogP contribution in [0.2, 0.25) is 0 Å². The average Bonchev–Trinajstić information content (AvgIpc) is 2.80. The summed E-state index contributed by atoms with van der Waals surface area (Å²) in [7, 11) is -3.79. The highest BCUT2D eigenvalue weighted by atomic mass is 32.2. The third-order valence-corrected chi connectivity index (χ3v) is 3.98. The molecule has 0 aliphatic heterocycles. The van der Waals surface area contributed by atoms with Crippen LogP contribution in [0.25, 0.3) is 0 Å². The van der Waals surface area contributed by atoms with Gasteiger partial charge in [-0.15, -0.1) is 4.33 Å². The van der Waals surface area contributed by atoms with Gasteiger partial charge in [-0.25, -0.2) is 4.89 Å². The maximum Gasteiger partial charge on any atom is 0.323 e. The maximum absolute atomic E-state index is 11.8. The summed E-state index contributed by atoms with van der Waals surface area (Å²) in [6.45, 7) is 1.90. The molecule has 1 aromatic rings. The van der Waals surface area contributed by atoms with Crippen LogP contribution >= 0.6 is 0 Å². The molecule has 0 saturated heterocycles. The molecule has 0 bridgehead atoms. The van der Waals surface area contributed by atoms with Gasteiger partial charge in [0.25, 0.3) is 0 Å². The molecule has 0 spiro atoms. The summed E-state index contributed by atoms with van der Waals surface area (Å²) in [5, 5.41) is 0. The fraction of sp³-hybridized carbons (Fsp3) is 0.500. The molecule has 0 unspecified atom stereocenters. The second-order valence-electron chi connectivity index (χ2n) is 4.34. The molecule has 1 saturated carbocycles. The van der Waals surface area contributed by atoms with Crippen LogP contribution in [0, 0.1) is 6.92 Å². The first-order valence-electron chi connectivity index (χ1n) is 5.74. The second-order valence-corrected chi connectivity index (χ2v) is 5.85. The normalized spacial score (nSPS) is 17.5. The quantitative estimate of drug-likeness (QED) is 0.613. The van der Waals surface area contributed by atoms with E-state index in [-0.39, 0.29) is 11.0 Å². The summed E-state index contributed by atoms with van der Waals surface area (Å²) in [6, 6.07) is 6.49. The van der Waals surface area contributed by atoms with Gasteiger partial charge in [0.05, 0.1) is 11.0 Å². The lowest BCUT2D eigenvalue weighted by Gasteiger charge is -2.09. The molecule has 4 nitrogen and oxygen atoms in total. The molecule has 17 heavy (non-hydrogen) atoms. The van der Waals surface area contributed by atoms with Crippen LogP contribution in [0.3, 0.4) is 0 Å². The standard InChI is InChI=1S/C12H16O4S/c1-10-6-8-12(9-7-10)17(13,14)16-15-11-4-2-3-5-11/h6-9,11H,2-5H2,1H3. The maximum atomic E-state index is 11.8. The lowest BCUT2D eigenvalue weighted by Crippen LogP contribution is -2.13. The van der Waals surface area contributed by atoms with Crippen molar-refractivity contribution in [2.24, 2.45) is 0 Å². The van der Waals surface area contributed by atoms with E-state index >= 15 is 0 Å². The van der Waals surface area contributed by atoms with E-state index in [0.717, 1.165) is 31.2 Å². The van der Waals surface area contributed by atoms with E-state index in [1.54, 1.807) is 12.1 Å². The molecular formula is C12H16O4S. The van der Waals surface area contributed by atoms with Crippen LogP contribution in [0.4, 0.5) is 0 Å². The molecule has 1 aromatic carbocycles. The Morgan fingerprint density at radius 1 is 1.12 bits per heavy atom. The van der Waals surface area contributed by atoms with Crippen molar-refractivity contribution in [2.45, 2.75) is 43.6 Å². The Morgan fingerprint density at radius 2 is 1.71 bits per heavy atom. The van der Waals surface area contributed by atoms with E-state index in [0.29, 0.717) is 0 Å². The van der Waals surface area contributed by atoms with Gasteiger partial charge in [-0.1, -0.05) is 30.5 Å². The summed E-state index contributed by atoms with van der Waals surface area (Å²) in [5.74, 6) is 0. The highest BCUT2D eigenvalue weighted by Crippen LogP contribution is 2.23. The van der Waals surface area contributed by atoms with Crippen molar-refractivity contribution in [3.05, 3.63) is 29.8 Å². The van der Waals surface area contributed by atoms with E-state index in [2.05, 4.69) is 4.33 Å². The second kappa shape index (κ2) is 5.16. The summed E-state index contributed by atoms with van der Waals surface area (Å²) in [6.07, 6.45) is 3.78. The fourth-order valence-corrected chi connectivity index (χ4v) is 2.60. The SMILES string of the molecule is Cc1ccc(S(=O)(=O)OOC2CCCC2)cc1. The Labute approximate surface area is 102 Å². The zero-order chi connectivity index (χ0) is 12.3. The van der Waals surface area contributed by atoms with Crippen LogP contribution in [0.1, 0.15) is 31.2 Å². The summed E-state index contributed by atoms with van der Waals surface area (Å²) >= 11 is 0. The zero-order valence-electron chi connectivity index (χ0n) is 9.76. The molecule has 1 aliphatic rings. The van der Waals surface area contributed by atoms with Crippen molar-refractivity contribution in [3.63, 3.8) is 0 Å². The van der Waals surface area contributed by atoms with Crippen molar-refractivity contribution >= 4 is 10.1 Å². The van der Waals surface area contributed by atoms with E-state index in [4.69, 9.17) is 4.89 Å². The Kier molecular flexibility index (Phi) is 3.81. The molecule has 0 aromatic heterocycles. The number of benzene rings is 1. The van der Waals surface area contributed by atoms with Crippen LogP contribution in [-0.2, 0) is 19.3 Å². The molecule has 1 fully saturated rings. The topological polar surface area (TPSA) is 52.6 Å². The van der Waals surface area contributed by atoms with Crippen molar-refractivity contribution in [1.82, 2.24) is 0 Å². The molecule has 0 atom stereocenters. The van der Waals surface area contributed by atoms with Crippen molar-refractivity contribution < 1.29 is 17.6 Å². The van der Waals surface area contributed by atoms with Gasteiger partial charge in [-0.3, -0.25) is 0 Å². The largest absolute Gasteiger partial charge is 0.323 e. The van der Waals surface area contributed by atoms with E-state index in [1.165, 1.54) is 12.1 Å². The van der Waals surface area contributed by atoms with Gasteiger partial charge in [0, 0.05) is 0 Å². The van der Waals surface area contributed by atoms with Gasteiger partial charge in [-0.2, -0.15) is 8.42 Å². The molecule has 1 aliphatic carbocycles. The molecule has 0 N–H and O–H groups in total. The lowest BCUT2D eigenvalue weighted by atomic mass is 10.2. The van der Waals surface area contributed by atoms with Gasteiger partial charge < -0.3 is 0 Å². The highest BCUT2D eigenvalue weighted by Gasteiger charge is 2.22. The van der Waals surface area contributed by atoms with Crippen molar-refractivity contribution in [2.75, 3.05) is 0 Å². The molecule has 5 heteroatoms. The minimum absolute atomic E-state index is 0.0878. The third kappa shape index (κ3) is 3.28. The molecule has 0 heterocycles. The summed E-state index contributed by atoms with van der Waals surface area (Å²) < 4.78 is 28.1. The van der Waals surface area contributed by atoms with Crippen molar-refractivity contribution in [3.8, 4) is 0 Å². The van der Waals surface area contributed by atoms with Gasteiger partial charge in [-0.05, 0) is 31.9 Å². The first-order valence-corrected chi connectivity index (χ1v) is 7.15. The monoisotopic (exact) mass is 256 g/mol. The van der Waals surface area contributed by atoms with Crippen LogP contribution in [-0.4, -0.2) is 14.5 Å². The van der Waals surface area contributed by atoms with Gasteiger partial charge in [0.15, 0.2) is 0 Å². The minimum Gasteiger partial charge on any atom is -0.216 e. The number of hydrogen-bond acceptors (Lipinski definition) is 4. The van der Waals surface area contributed by atoms with E-state index in [9.17, 15) is 8.42 Å². The predicted octanol–water partition coefficient (Wildman–Crippen LogP) is 2.57. The smallest absolute Gasteiger partial charge is 0.216 e. The lowest BCUT2D eigenvalue weighted by molar-refractivity contribution is -0.238.